The Bertz CT molecular complexity index is 841. The van der Waals surface area contributed by atoms with Crippen LogP contribution in [0.2, 0.25) is 0 Å². The number of hydrogen-bond donors (Lipinski definition) is 3. The van der Waals surface area contributed by atoms with Crippen LogP contribution in [0.4, 0.5) is 10.1 Å². The fraction of sp³-hybridized carbons (Fsp3) is 0.200. The molecule has 28 heavy (non-hydrogen) atoms. The first kappa shape index (κ1) is 21.2. The number of hydrogen-bond acceptors (Lipinski definition) is 4. The van der Waals surface area contributed by atoms with E-state index in [9.17, 15) is 9.18 Å². The Morgan fingerprint density at radius 3 is 2.39 bits per heavy atom. The van der Waals surface area contributed by atoms with Crippen LogP contribution in [-0.4, -0.2) is 24.2 Å². The lowest BCUT2D eigenvalue weighted by Gasteiger charge is -2.11. The molecule has 148 valence electrons. The van der Waals surface area contributed by atoms with Crippen molar-refractivity contribution in [3.05, 3.63) is 59.9 Å². The molecule has 2 aromatic carbocycles. The van der Waals surface area contributed by atoms with Gasteiger partial charge in [-0.1, -0.05) is 6.07 Å². The van der Waals surface area contributed by atoms with E-state index in [4.69, 9.17) is 21.7 Å². The van der Waals surface area contributed by atoms with Gasteiger partial charge in [0.1, 0.15) is 5.82 Å². The Morgan fingerprint density at radius 1 is 1.04 bits per heavy atom. The van der Waals surface area contributed by atoms with Crippen molar-refractivity contribution in [1.82, 2.24) is 10.9 Å². The highest BCUT2D eigenvalue weighted by molar-refractivity contribution is 7.80. The van der Waals surface area contributed by atoms with E-state index >= 15 is 0 Å². The summed E-state index contributed by atoms with van der Waals surface area (Å²) in [5.41, 5.74) is 6.40. The topological polar surface area (TPSA) is 71.6 Å². The average molecular weight is 403 g/mol. The first-order valence-corrected chi connectivity index (χ1v) is 9.13. The van der Waals surface area contributed by atoms with Crippen LogP contribution in [0.5, 0.6) is 11.5 Å². The molecule has 6 nitrogen and oxygen atoms in total. The summed E-state index contributed by atoms with van der Waals surface area (Å²) in [5, 5.41) is 3.00. The van der Waals surface area contributed by atoms with Crippen LogP contribution >= 0.6 is 12.2 Å². The first-order valence-electron chi connectivity index (χ1n) is 8.72. The molecule has 2 rings (SSSR count). The van der Waals surface area contributed by atoms with Crippen molar-refractivity contribution in [2.45, 2.75) is 13.8 Å². The number of thiocarbonyl (C=S) groups is 1. The fourth-order valence-electron chi connectivity index (χ4n) is 2.20. The number of carbonyl (C=O) groups excluding carboxylic acids is 1. The maximum absolute atomic E-state index is 12.9. The zero-order valence-electron chi connectivity index (χ0n) is 15.6. The maximum Gasteiger partial charge on any atom is 0.262 e. The standard InChI is InChI=1S/C20H22FN3O3S/c1-3-26-17-11-5-14(13-18(17)27-4-2)6-12-19(25)23-24-20(28)22-16-9-7-15(21)8-10-16/h5-13H,3-4H2,1-2H3,(H,23,25)(H2,22,24,28)/b12-6+. The summed E-state index contributed by atoms with van der Waals surface area (Å²) in [6.07, 6.45) is 3.00. The van der Waals surface area contributed by atoms with E-state index in [1.807, 2.05) is 19.9 Å². The van der Waals surface area contributed by atoms with Gasteiger partial charge in [0.2, 0.25) is 0 Å². The molecule has 0 radical (unpaired) electrons. The molecule has 0 saturated carbocycles. The van der Waals surface area contributed by atoms with Gasteiger partial charge in [-0.25, -0.2) is 4.39 Å². The number of nitrogens with one attached hydrogen (secondary N) is 3. The van der Waals surface area contributed by atoms with Crippen LogP contribution in [0.25, 0.3) is 6.08 Å². The third-order valence-electron chi connectivity index (χ3n) is 3.40. The zero-order valence-corrected chi connectivity index (χ0v) is 16.4. The third kappa shape index (κ3) is 6.88. The van der Waals surface area contributed by atoms with E-state index in [-0.39, 0.29) is 10.9 Å². The van der Waals surface area contributed by atoms with Crippen molar-refractivity contribution in [3.63, 3.8) is 0 Å². The number of amides is 1. The van der Waals surface area contributed by atoms with Gasteiger partial charge in [0, 0.05) is 11.8 Å². The highest BCUT2D eigenvalue weighted by Crippen LogP contribution is 2.28. The van der Waals surface area contributed by atoms with Gasteiger partial charge in [-0.3, -0.25) is 15.6 Å². The van der Waals surface area contributed by atoms with Gasteiger partial charge in [0.05, 0.1) is 13.2 Å². The minimum atomic E-state index is -0.393. The fourth-order valence-corrected chi connectivity index (χ4v) is 2.37. The minimum Gasteiger partial charge on any atom is -0.490 e. The second-order valence-corrected chi connectivity index (χ2v) is 5.89. The van der Waals surface area contributed by atoms with Crippen LogP contribution in [0, 0.1) is 5.82 Å². The molecule has 0 fully saturated rings. The maximum atomic E-state index is 12.9. The number of hydrazine groups is 1. The van der Waals surface area contributed by atoms with E-state index < -0.39 is 5.91 Å². The van der Waals surface area contributed by atoms with Crippen LogP contribution < -0.4 is 25.6 Å². The molecule has 0 spiro atoms. The smallest absolute Gasteiger partial charge is 0.262 e. The molecule has 8 heteroatoms. The van der Waals surface area contributed by atoms with Gasteiger partial charge >= 0.3 is 0 Å². The van der Waals surface area contributed by atoms with Crippen LogP contribution in [0.3, 0.4) is 0 Å². The summed E-state index contributed by atoms with van der Waals surface area (Å²) in [7, 11) is 0. The van der Waals surface area contributed by atoms with Crippen LogP contribution in [-0.2, 0) is 4.79 Å². The number of halogens is 1. The van der Waals surface area contributed by atoms with Gasteiger partial charge in [0.15, 0.2) is 16.6 Å². The largest absolute Gasteiger partial charge is 0.490 e. The quantitative estimate of drug-likeness (QED) is 0.372. The number of rotatable bonds is 7. The summed E-state index contributed by atoms with van der Waals surface area (Å²) in [5.74, 6) is 0.541. The van der Waals surface area contributed by atoms with E-state index in [2.05, 4.69) is 16.2 Å². The van der Waals surface area contributed by atoms with E-state index in [1.165, 1.54) is 30.3 Å². The van der Waals surface area contributed by atoms with Crippen molar-refractivity contribution in [3.8, 4) is 11.5 Å². The number of anilines is 1. The predicted molar refractivity (Wildman–Crippen MR) is 112 cm³/mol. The first-order chi connectivity index (χ1) is 13.5. The molecule has 0 heterocycles. The van der Waals surface area contributed by atoms with Crippen molar-refractivity contribution in [2.24, 2.45) is 0 Å². The summed E-state index contributed by atoms with van der Waals surface area (Å²) < 4.78 is 23.9. The third-order valence-corrected chi connectivity index (χ3v) is 3.60. The van der Waals surface area contributed by atoms with Crippen LogP contribution in [0.1, 0.15) is 19.4 Å². The molecule has 0 aliphatic rings. The monoisotopic (exact) mass is 403 g/mol. The summed E-state index contributed by atoms with van der Waals surface area (Å²) in [6, 6.07) is 11.1. The lowest BCUT2D eigenvalue weighted by atomic mass is 10.2. The Hall–Kier alpha value is -3.13. The normalized spacial score (nSPS) is 10.4. The highest BCUT2D eigenvalue weighted by atomic mass is 32.1. The van der Waals surface area contributed by atoms with E-state index in [0.29, 0.717) is 30.4 Å². The lowest BCUT2D eigenvalue weighted by molar-refractivity contribution is -0.116. The van der Waals surface area contributed by atoms with Gasteiger partial charge in [-0.15, -0.1) is 0 Å². The predicted octanol–water partition coefficient (Wildman–Crippen LogP) is 3.65. The molecule has 0 saturated heterocycles. The van der Waals surface area contributed by atoms with E-state index in [0.717, 1.165) is 5.56 Å². The Kier molecular flexibility index (Phi) is 8.23. The number of benzene rings is 2. The van der Waals surface area contributed by atoms with Gasteiger partial charge in [-0.2, -0.15) is 0 Å². The second-order valence-electron chi connectivity index (χ2n) is 5.48. The lowest BCUT2D eigenvalue weighted by Crippen LogP contribution is -2.43. The van der Waals surface area contributed by atoms with E-state index in [1.54, 1.807) is 18.2 Å². The summed E-state index contributed by atoms with van der Waals surface area (Å²) >= 11 is 5.06. The molecule has 0 bridgehead atoms. The average Bonchev–Trinajstić information content (AvgIpc) is 2.68. The van der Waals surface area contributed by atoms with Crippen molar-refractivity contribution < 1.29 is 18.7 Å². The number of carbonyl (C=O) groups is 1. The van der Waals surface area contributed by atoms with Gasteiger partial charge in [0.25, 0.3) is 5.91 Å². The Balaban J connectivity index is 1.87. The number of ether oxygens (including phenoxy) is 2. The molecule has 0 atom stereocenters. The summed E-state index contributed by atoms with van der Waals surface area (Å²) in [4.78, 5) is 11.9. The zero-order chi connectivity index (χ0) is 20.4. The molecule has 0 aromatic heterocycles. The van der Waals surface area contributed by atoms with Crippen molar-refractivity contribution in [1.29, 1.82) is 0 Å². The second kappa shape index (κ2) is 10.9. The molecule has 1 amide bonds. The minimum absolute atomic E-state index is 0.174. The molecule has 3 N–H and O–H groups in total. The Morgan fingerprint density at radius 2 is 1.71 bits per heavy atom. The molecule has 0 aliphatic heterocycles. The highest BCUT2D eigenvalue weighted by Gasteiger charge is 2.05. The molecular weight excluding hydrogens is 381 g/mol. The molecule has 2 aromatic rings. The Labute approximate surface area is 168 Å². The van der Waals surface area contributed by atoms with Crippen molar-refractivity contribution >= 4 is 35.0 Å². The molecule has 0 unspecified atom stereocenters. The SMILES string of the molecule is CCOc1ccc(/C=C/C(=O)NNC(=S)Nc2ccc(F)cc2)cc1OCC. The molecule has 0 aliphatic carbocycles. The van der Waals surface area contributed by atoms with Gasteiger partial charge in [-0.05, 0) is 74.1 Å². The van der Waals surface area contributed by atoms with Crippen molar-refractivity contribution in [2.75, 3.05) is 18.5 Å². The van der Waals surface area contributed by atoms with Crippen LogP contribution in [0.15, 0.2) is 48.5 Å². The summed E-state index contributed by atoms with van der Waals surface area (Å²) in [6.45, 7) is 4.84. The molecular formula is C20H22FN3O3S. The van der Waals surface area contributed by atoms with Gasteiger partial charge < -0.3 is 14.8 Å².